The van der Waals surface area contributed by atoms with Crippen molar-refractivity contribution >= 4 is 23.8 Å². The number of H-pyrrole nitrogens is 1. The Morgan fingerprint density at radius 3 is 2.60 bits per heavy atom. The van der Waals surface area contributed by atoms with Crippen LogP contribution in [0.5, 0.6) is 0 Å². The van der Waals surface area contributed by atoms with Crippen LogP contribution < -0.4 is 16.3 Å². The Morgan fingerprint density at radius 1 is 1.12 bits per heavy atom. The fourth-order valence-corrected chi connectivity index (χ4v) is 5.80. The SMILES string of the molecule is N=C1[C@H](NC(=O)N2CCC(n3c4c([nH]c3=O)NCC=C4)CC2)CC[C@@H](c2cccc(F)c2F)CN1CC(F)(F)F. The minimum Gasteiger partial charge on any atom is -0.366 e. The molecule has 216 valence electrons. The number of amides is 2. The van der Waals surface area contributed by atoms with Gasteiger partial charge in [-0.25, -0.2) is 18.4 Å². The molecule has 0 spiro atoms. The highest BCUT2D eigenvalue weighted by Crippen LogP contribution is 2.32. The molecule has 0 saturated carbocycles. The molecule has 2 aromatic rings. The third kappa shape index (κ3) is 5.70. The Kier molecular flexibility index (Phi) is 7.60. The Labute approximate surface area is 226 Å². The number of nitrogens with zero attached hydrogens (tertiary/aromatic N) is 3. The van der Waals surface area contributed by atoms with Gasteiger partial charge in [0.25, 0.3) is 0 Å². The predicted octanol–water partition coefficient (Wildman–Crippen LogP) is 4.03. The van der Waals surface area contributed by atoms with E-state index in [9.17, 15) is 31.5 Å². The molecule has 0 unspecified atom stereocenters. The van der Waals surface area contributed by atoms with Crippen molar-refractivity contribution in [2.75, 3.05) is 38.0 Å². The number of alkyl halides is 3. The van der Waals surface area contributed by atoms with Gasteiger partial charge in [0.1, 0.15) is 18.2 Å². The van der Waals surface area contributed by atoms with E-state index in [0.29, 0.717) is 38.3 Å². The molecule has 3 aliphatic heterocycles. The first-order valence-electron chi connectivity index (χ1n) is 13.2. The molecule has 4 heterocycles. The summed E-state index contributed by atoms with van der Waals surface area (Å²) in [5, 5.41) is 14.3. The van der Waals surface area contributed by atoms with Crippen molar-refractivity contribution in [3.63, 3.8) is 0 Å². The van der Waals surface area contributed by atoms with Crippen LogP contribution in [0.15, 0.2) is 29.1 Å². The Hall–Kier alpha value is -3.84. The average molecular weight is 568 g/mol. The third-order valence-electron chi connectivity index (χ3n) is 7.76. The van der Waals surface area contributed by atoms with Crippen LogP contribution in [-0.4, -0.2) is 76.2 Å². The minimum absolute atomic E-state index is 0.0544. The first-order valence-corrected chi connectivity index (χ1v) is 13.2. The Morgan fingerprint density at radius 2 is 1.88 bits per heavy atom. The number of halogens is 5. The van der Waals surface area contributed by atoms with Crippen LogP contribution >= 0.6 is 0 Å². The van der Waals surface area contributed by atoms with Crippen LogP contribution in [0.2, 0.25) is 0 Å². The number of hydrogen-bond donors (Lipinski definition) is 4. The van der Waals surface area contributed by atoms with E-state index in [1.165, 1.54) is 17.0 Å². The number of nitrogens with one attached hydrogen (secondary N) is 4. The summed E-state index contributed by atoms with van der Waals surface area (Å²) in [7, 11) is 0. The zero-order valence-corrected chi connectivity index (χ0v) is 21.5. The molecule has 4 N–H and O–H groups in total. The van der Waals surface area contributed by atoms with Crippen molar-refractivity contribution < 1.29 is 26.7 Å². The normalized spacial score (nSPS) is 22.1. The molecule has 2 fully saturated rings. The van der Waals surface area contributed by atoms with Gasteiger partial charge in [0.05, 0.1) is 11.7 Å². The monoisotopic (exact) mass is 567 g/mol. The maximum atomic E-state index is 14.5. The van der Waals surface area contributed by atoms with Gasteiger partial charge in [-0.1, -0.05) is 18.2 Å². The van der Waals surface area contributed by atoms with E-state index >= 15 is 0 Å². The van der Waals surface area contributed by atoms with Crippen molar-refractivity contribution in [2.45, 2.75) is 49.9 Å². The second-order valence-corrected chi connectivity index (χ2v) is 10.4. The van der Waals surface area contributed by atoms with E-state index in [0.717, 1.165) is 16.7 Å². The summed E-state index contributed by atoms with van der Waals surface area (Å²) in [6.07, 6.45) is 0.358. The van der Waals surface area contributed by atoms with E-state index < -0.39 is 48.2 Å². The predicted molar refractivity (Wildman–Crippen MR) is 138 cm³/mol. The number of fused-ring (bicyclic) bond motifs is 1. The second-order valence-electron chi connectivity index (χ2n) is 10.4. The molecule has 40 heavy (non-hydrogen) atoms. The van der Waals surface area contributed by atoms with Crippen molar-refractivity contribution in [1.29, 1.82) is 5.41 Å². The Balaban J connectivity index is 1.27. The number of hydrogen-bond acceptors (Lipinski definition) is 4. The van der Waals surface area contributed by atoms with E-state index in [-0.39, 0.29) is 36.7 Å². The molecular weight excluding hydrogens is 537 g/mol. The topological polar surface area (TPSA) is 109 Å². The molecule has 2 atom stereocenters. The lowest BCUT2D eigenvalue weighted by molar-refractivity contribution is -0.138. The number of aromatic nitrogens is 2. The van der Waals surface area contributed by atoms with Gasteiger partial charge in [-0.05, 0) is 43.4 Å². The highest BCUT2D eigenvalue weighted by atomic mass is 19.4. The van der Waals surface area contributed by atoms with Crippen LogP contribution in [0, 0.1) is 17.0 Å². The summed E-state index contributed by atoms with van der Waals surface area (Å²) < 4.78 is 70.2. The molecule has 2 amide bonds. The number of piperidine rings is 1. The van der Waals surface area contributed by atoms with Crippen molar-refractivity contribution in [3.05, 3.63) is 57.7 Å². The molecule has 9 nitrogen and oxygen atoms in total. The molecule has 1 aromatic carbocycles. The maximum Gasteiger partial charge on any atom is 0.405 e. The van der Waals surface area contributed by atoms with Gasteiger partial charge < -0.3 is 20.4 Å². The summed E-state index contributed by atoms with van der Waals surface area (Å²) >= 11 is 0. The number of likely N-dealkylation sites (tertiary alicyclic amines) is 2. The third-order valence-corrected chi connectivity index (χ3v) is 7.76. The lowest BCUT2D eigenvalue weighted by Gasteiger charge is -2.35. The fraction of sp³-hybridized carbons (Fsp3) is 0.500. The van der Waals surface area contributed by atoms with Crippen LogP contribution in [-0.2, 0) is 0 Å². The van der Waals surface area contributed by atoms with Gasteiger partial charge in [0.2, 0.25) is 0 Å². The summed E-state index contributed by atoms with van der Waals surface area (Å²) in [4.78, 5) is 30.8. The zero-order valence-electron chi connectivity index (χ0n) is 21.5. The number of benzene rings is 1. The molecule has 5 rings (SSSR count). The van der Waals surface area contributed by atoms with Gasteiger partial charge in [-0.3, -0.25) is 15.0 Å². The summed E-state index contributed by atoms with van der Waals surface area (Å²) in [6, 6.07) is 1.86. The van der Waals surface area contributed by atoms with Gasteiger partial charge >= 0.3 is 17.9 Å². The lowest BCUT2D eigenvalue weighted by atomic mass is 9.93. The molecule has 2 saturated heterocycles. The van der Waals surface area contributed by atoms with Crippen LogP contribution in [0.4, 0.5) is 32.6 Å². The second kappa shape index (κ2) is 11.0. The number of anilines is 1. The highest BCUT2D eigenvalue weighted by molar-refractivity contribution is 5.89. The molecule has 0 bridgehead atoms. The van der Waals surface area contributed by atoms with Crippen molar-refractivity contribution in [3.8, 4) is 0 Å². The average Bonchev–Trinajstić information content (AvgIpc) is 3.18. The molecule has 0 radical (unpaired) electrons. The fourth-order valence-electron chi connectivity index (χ4n) is 5.80. The van der Waals surface area contributed by atoms with Crippen molar-refractivity contribution in [1.82, 2.24) is 24.7 Å². The zero-order chi connectivity index (χ0) is 28.6. The van der Waals surface area contributed by atoms with Crippen LogP contribution in [0.1, 0.15) is 48.9 Å². The van der Waals surface area contributed by atoms with Crippen LogP contribution in [0.3, 0.4) is 0 Å². The number of urea groups is 1. The van der Waals surface area contributed by atoms with E-state index in [1.807, 2.05) is 12.2 Å². The number of rotatable bonds is 4. The first-order chi connectivity index (χ1) is 19.0. The number of carbonyl (C=O) groups is 1. The van der Waals surface area contributed by atoms with Gasteiger partial charge in [-0.2, -0.15) is 13.2 Å². The van der Waals surface area contributed by atoms with Crippen molar-refractivity contribution in [2.24, 2.45) is 0 Å². The number of aromatic amines is 1. The molecule has 3 aliphatic rings. The number of carbonyl (C=O) groups excluding carboxylic acids is 1. The van der Waals surface area contributed by atoms with E-state index in [1.54, 1.807) is 4.57 Å². The standard InChI is InChI=1S/C26H30F5N7O2/c27-18-4-1-3-17(21(18)28)15-6-7-19(22(32)37(13-15)14-26(29,30)31)34-24(39)36-11-8-16(9-12-36)38-20-5-2-10-33-23(20)35-25(38)40/h1-5,15-16,19,32-33H,6-14H2,(H,34,39)(H,35,40)/t15-,19-/m1/s1. The first kappa shape index (κ1) is 27.7. The summed E-state index contributed by atoms with van der Waals surface area (Å²) in [5.41, 5.74) is 0.453. The minimum atomic E-state index is -4.64. The van der Waals surface area contributed by atoms with E-state index in [4.69, 9.17) is 5.41 Å². The Bertz CT molecular complexity index is 1360. The van der Waals surface area contributed by atoms with Gasteiger partial charge in [0.15, 0.2) is 11.6 Å². The summed E-state index contributed by atoms with van der Waals surface area (Å²) in [6.45, 7) is -0.557. The van der Waals surface area contributed by atoms with E-state index in [2.05, 4.69) is 15.6 Å². The largest absolute Gasteiger partial charge is 0.405 e. The molecule has 1 aromatic heterocycles. The summed E-state index contributed by atoms with van der Waals surface area (Å²) in [5.74, 6) is -2.79. The van der Waals surface area contributed by atoms with Crippen LogP contribution in [0.25, 0.3) is 6.08 Å². The highest BCUT2D eigenvalue weighted by Gasteiger charge is 2.39. The number of imidazole rings is 1. The quantitative estimate of drug-likeness (QED) is 0.419. The molecule has 14 heteroatoms. The smallest absolute Gasteiger partial charge is 0.366 e. The lowest BCUT2D eigenvalue weighted by Crippen LogP contribution is -2.54. The maximum absolute atomic E-state index is 14.5. The van der Waals surface area contributed by atoms with Gasteiger partial charge in [-0.15, -0.1) is 0 Å². The van der Waals surface area contributed by atoms with Gasteiger partial charge in [0, 0.05) is 38.1 Å². The molecule has 0 aliphatic carbocycles. The number of amidine groups is 1. The molecular formula is C26H30F5N7O2.